The molecule has 3 rings (SSSR count). The van der Waals surface area contributed by atoms with Crippen LogP contribution in [0.15, 0.2) is 35.1 Å². The second-order valence-electron chi connectivity index (χ2n) is 7.43. The summed E-state index contributed by atoms with van der Waals surface area (Å²) in [6.45, 7) is 12.9. The van der Waals surface area contributed by atoms with Gasteiger partial charge in [-0.3, -0.25) is 9.69 Å². The summed E-state index contributed by atoms with van der Waals surface area (Å²) in [6.07, 6.45) is 3.32. The van der Waals surface area contributed by atoms with E-state index in [-0.39, 0.29) is 11.9 Å². The maximum absolute atomic E-state index is 13.0. The van der Waals surface area contributed by atoms with Crippen molar-refractivity contribution in [2.75, 3.05) is 19.6 Å². The van der Waals surface area contributed by atoms with Gasteiger partial charge in [-0.2, -0.15) is 5.10 Å². The fraction of sp³-hybridized carbons (Fsp3) is 0.476. The molecule has 7 nitrogen and oxygen atoms in total. The van der Waals surface area contributed by atoms with Crippen LogP contribution in [0.2, 0.25) is 0 Å². The van der Waals surface area contributed by atoms with Crippen LogP contribution in [0.4, 0.5) is 0 Å². The van der Waals surface area contributed by atoms with Crippen molar-refractivity contribution in [2.24, 2.45) is 0 Å². The zero-order valence-corrected chi connectivity index (χ0v) is 17.3. The molecule has 0 fully saturated rings. The van der Waals surface area contributed by atoms with E-state index < -0.39 is 0 Å². The van der Waals surface area contributed by atoms with Crippen molar-refractivity contribution >= 4 is 16.9 Å². The molecule has 0 aliphatic rings. The summed E-state index contributed by atoms with van der Waals surface area (Å²) in [5.74, 6) is 0.507. The first-order valence-corrected chi connectivity index (χ1v) is 9.86. The van der Waals surface area contributed by atoms with Gasteiger partial charge >= 0.3 is 0 Å². The van der Waals surface area contributed by atoms with Crippen LogP contribution in [0.3, 0.4) is 0 Å². The molecule has 3 aromatic rings. The van der Waals surface area contributed by atoms with E-state index in [1.54, 1.807) is 18.5 Å². The predicted octanol–water partition coefficient (Wildman–Crippen LogP) is 3.73. The van der Waals surface area contributed by atoms with Crippen LogP contribution in [0.1, 0.15) is 51.0 Å². The Balaban J connectivity index is 1.92. The molecule has 0 saturated carbocycles. The first kappa shape index (κ1) is 20.1. The maximum Gasteiger partial charge on any atom is 0.252 e. The quantitative estimate of drug-likeness (QED) is 0.641. The summed E-state index contributed by atoms with van der Waals surface area (Å²) in [5.41, 5.74) is 1.88. The van der Waals surface area contributed by atoms with E-state index in [0.29, 0.717) is 35.3 Å². The predicted molar refractivity (Wildman–Crippen MR) is 110 cm³/mol. The number of fused-ring (bicyclic) bond motifs is 1. The van der Waals surface area contributed by atoms with E-state index >= 15 is 0 Å². The second kappa shape index (κ2) is 8.56. The molecule has 0 bridgehead atoms. The van der Waals surface area contributed by atoms with Gasteiger partial charge in [0.25, 0.3) is 5.91 Å². The number of likely N-dealkylation sites (N-methyl/N-ethyl adjacent to an activating group) is 1. The maximum atomic E-state index is 13.0. The third-order valence-corrected chi connectivity index (χ3v) is 4.90. The van der Waals surface area contributed by atoms with Gasteiger partial charge in [0.05, 0.1) is 23.4 Å². The van der Waals surface area contributed by atoms with E-state index in [1.165, 1.54) is 0 Å². The molecule has 0 aliphatic heterocycles. The zero-order chi connectivity index (χ0) is 20.3. The lowest BCUT2D eigenvalue weighted by Crippen LogP contribution is -2.38. The highest BCUT2D eigenvalue weighted by molar-refractivity contribution is 6.06. The lowest BCUT2D eigenvalue weighted by molar-refractivity contribution is 0.0947. The molecular formula is C21H29N5O2. The van der Waals surface area contributed by atoms with E-state index in [9.17, 15) is 4.79 Å². The number of furan rings is 1. The first-order valence-electron chi connectivity index (χ1n) is 9.86. The van der Waals surface area contributed by atoms with E-state index in [4.69, 9.17) is 9.40 Å². The number of amides is 1. The lowest BCUT2D eigenvalue weighted by Gasteiger charge is -2.24. The SMILES string of the molecule is CCN(CCNC(=O)c1cc(-c2ccco2)nc2c1cnn2C(C)C)C(C)C. The van der Waals surface area contributed by atoms with Crippen LogP contribution in [0, 0.1) is 0 Å². The fourth-order valence-corrected chi connectivity index (χ4v) is 3.32. The highest BCUT2D eigenvalue weighted by Crippen LogP contribution is 2.26. The van der Waals surface area contributed by atoms with E-state index in [2.05, 4.69) is 36.1 Å². The third-order valence-electron chi connectivity index (χ3n) is 4.90. The molecular weight excluding hydrogens is 354 g/mol. The van der Waals surface area contributed by atoms with Gasteiger partial charge in [0.1, 0.15) is 5.69 Å². The summed E-state index contributed by atoms with van der Waals surface area (Å²) in [5, 5.41) is 8.23. The van der Waals surface area contributed by atoms with Crippen LogP contribution >= 0.6 is 0 Å². The summed E-state index contributed by atoms with van der Waals surface area (Å²) in [7, 11) is 0. The number of nitrogens with zero attached hydrogens (tertiary/aromatic N) is 4. The molecule has 0 aliphatic carbocycles. The van der Waals surface area contributed by atoms with Gasteiger partial charge in [0.2, 0.25) is 0 Å². The molecule has 0 spiro atoms. The number of hydrogen-bond donors (Lipinski definition) is 1. The molecule has 150 valence electrons. The molecule has 3 aromatic heterocycles. The Morgan fingerprint density at radius 3 is 2.71 bits per heavy atom. The van der Waals surface area contributed by atoms with Crippen molar-refractivity contribution in [3.63, 3.8) is 0 Å². The van der Waals surface area contributed by atoms with Crippen LogP contribution in [0.5, 0.6) is 0 Å². The van der Waals surface area contributed by atoms with Crippen molar-refractivity contribution in [1.82, 2.24) is 25.0 Å². The Bertz CT molecular complexity index is 928. The standard InChI is InChI=1S/C21H29N5O2/c1-6-25(14(2)3)10-9-22-21(27)16-12-18(19-8-7-11-28-19)24-20-17(16)13-23-26(20)15(4)5/h7-8,11-15H,6,9-10H2,1-5H3,(H,22,27). The Morgan fingerprint density at radius 1 is 1.32 bits per heavy atom. The minimum Gasteiger partial charge on any atom is -0.463 e. The normalized spacial score (nSPS) is 11.9. The van der Waals surface area contributed by atoms with Crippen LogP contribution in [-0.2, 0) is 0 Å². The highest BCUT2D eigenvalue weighted by Gasteiger charge is 2.19. The molecule has 3 heterocycles. The number of carbonyl (C=O) groups excluding carboxylic acids is 1. The number of hydrogen-bond acceptors (Lipinski definition) is 5. The Hall–Kier alpha value is -2.67. The molecule has 0 atom stereocenters. The van der Waals surface area contributed by atoms with Crippen molar-refractivity contribution < 1.29 is 9.21 Å². The monoisotopic (exact) mass is 383 g/mol. The van der Waals surface area contributed by atoms with Gasteiger partial charge in [-0.15, -0.1) is 0 Å². The number of carbonyl (C=O) groups is 1. The highest BCUT2D eigenvalue weighted by atomic mass is 16.3. The third kappa shape index (κ3) is 4.09. The van der Waals surface area contributed by atoms with Gasteiger partial charge in [0, 0.05) is 25.2 Å². The number of nitrogens with one attached hydrogen (secondary N) is 1. The van der Waals surface area contributed by atoms with Crippen molar-refractivity contribution in [1.29, 1.82) is 0 Å². The van der Waals surface area contributed by atoms with Gasteiger partial charge in [-0.05, 0) is 52.4 Å². The second-order valence-corrected chi connectivity index (χ2v) is 7.43. The number of aromatic nitrogens is 3. The smallest absolute Gasteiger partial charge is 0.252 e. The molecule has 1 amide bonds. The molecule has 0 aromatic carbocycles. The number of pyridine rings is 1. The summed E-state index contributed by atoms with van der Waals surface area (Å²) >= 11 is 0. The van der Waals surface area contributed by atoms with Crippen LogP contribution in [-0.4, -0.2) is 51.2 Å². The molecule has 7 heteroatoms. The van der Waals surface area contributed by atoms with Gasteiger partial charge in [0.15, 0.2) is 11.4 Å². The average molecular weight is 383 g/mol. The fourth-order valence-electron chi connectivity index (χ4n) is 3.32. The molecule has 0 radical (unpaired) electrons. The van der Waals surface area contributed by atoms with Gasteiger partial charge in [-0.25, -0.2) is 9.67 Å². The zero-order valence-electron chi connectivity index (χ0n) is 17.3. The summed E-state index contributed by atoms with van der Waals surface area (Å²) in [6, 6.07) is 6.02. The largest absolute Gasteiger partial charge is 0.463 e. The average Bonchev–Trinajstić information content (AvgIpc) is 3.33. The van der Waals surface area contributed by atoms with E-state index in [1.807, 2.05) is 30.7 Å². The van der Waals surface area contributed by atoms with Crippen molar-refractivity contribution in [3.05, 3.63) is 36.2 Å². The van der Waals surface area contributed by atoms with Gasteiger partial charge in [-0.1, -0.05) is 6.92 Å². The molecule has 28 heavy (non-hydrogen) atoms. The first-order chi connectivity index (χ1) is 13.4. The lowest BCUT2D eigenvalue weighted by atomic mass is 10.1. The van der Waals surface area contributed by atoms with Crippen LogP contribution in [0.25, 0.3) is 22.5 Å². The molecule has 0 saturated heterocycles. The Morgan fingerprint density at radius 2 is 2.11 bits per heavy atom. The molecule has 1 N–H and O–H groups in total. The van der Waals surface area contributed by atoms with Gasteiger partial charge < -0.3 is 9.73 Å². The number of rotatable bonds is 8. The minimum absolute atomic E-state index is 0.122. The van der Waals surface area contributed by atoms with Crippen LogP contribution < -0.4 is 5.32 Å². The minimum atomic E-state index is -0.122. The topological polar surface area (TPSA) is 76.2 Å². The molecule has 0 unspecified atom stereocenters. The van der Waals surface area contributed by atoms with E-state index in [0.717, 1.165) is 18.5 Å². The summed E-state index contributed by atoms with van der Waals surface area (Å²) < 4.78 is 7.33. The summed E-state index contributed by atoms with van der Waals surface area (Å²) in [4.78, 5) is 20.0. The Kier molecular flexibility index (Phi) is 6.14. The van der Waals surface area contributed by atoms with Crippen molar-refractivity contribution in [2.45, 2.75) is 46.7 Å². The van der Waals surface area contributed by atoms with Crippen molar-refractivity contribution in [3.8, 4) is 11.5 Å². The Labute approximate surface area is 165 Å².